The van der Waals surface area contributed by atoms with E-state index in [0.29, 0.717) is 18.4 Å². The van der Waals surface area contributed by atoms with E-state index in [0.717, 1.165) is 39.3 Å². The number of fused-ring (bicyclic) bond motifs is 3. The van der Waals surface area contributed by atoms with E-state index in [1.54, 1.807) is 22.4 Å². The second kappa shape index (κ2) is 7.72. The van der Waals surface area contributed by atoms with E-state index in [4.69, 9.17) is 9.84 Å². The Bertz CT molecular complexity index is 1450. The van der Waals surface area contributed by atoms with E-state index in [1.807, 2.05) is 73.8 Å². The van der Waals surface area contributed by atoms with Gasteiger partial charge in [-0.2, -0.15) is 5.10 Å². The topological polar surface area (TPSA) is 61.4 Å². The normalized spacial score (nSPS) is 11.3. The van der Waals surface area contributed by atoms with Crippen LogP contribution in [0.1, 0.15) is 11.3 Å². The highest BCUT2D eigenvalue weighted by Gasteiger charge is 2.16. The summed E-state index contributed by atoms with van der Waals surface area (Å²) in [6.07, 6.45) is 4.20. The van der Waals surface area contributed by atoms with Crippen LogP contribution in [0.3, 0.4) is 0 Å². The van der Waals surface area contributed by atoms with E-state index in [2.05, 4.69) is 4.98 Å². The molecule has 3 heterocycles. The van der Waals surface area contributed by atoms with Crippen LogP contribution >= 0.6 is 0 Å². The number of methoxy groups -OCH3 is 1. The van der Waals surface area contributed by atoms with E-state index in [1.165, 1.54) is 0 Å². The van der Waals surface area contributed by atoms with Crippen LogP contribution in [0.4, 0.5) is 0 Å². The van der Waals surface area contributed by atoms with Crippen LogP contribution < -0.4 is 10.3 Å². The van der Waals surface area contributed by atoms with Gasteiger partial charge in [0.2, 0.25) is 0 Å². The first-order valence-electron chi connectivity index (χ1n) is 10.2. The second-order valence-electron chi connectivity index (χ2n) is 7.50. The molecule has 5 rings (SSSR count). The smallest absolute Gasteiger partial charge is 0.261 e. The van der Waals surface area contributed by atoms with Gasteiger partial charge in [0, 0.05) is 24.5 Å². The maximum Gasteiger partial charge on any atom is 0.261 e. The van der Waals surface area contributed by atoms with Crippen molar-refractivity contribution in [2.45, 2.75) is 19.9 Å². The second-order valence-corrected chi connectivity index (χ2v) is 7.50. The number of ether oxygens (including phenoxy) is 1. The third kappa shape index (κ3) is 3.26. The molecule has 3 aromatic heterocycles. The number of rotatable bonds is 5. The summed E-state index contributed by atoms with van der Waals surface area (Å²) in [5.41, 5.74) is 5.44. The van der Waals surface area contributed by atoms with Gasteiger partial charge in [-0.05, 0) is 36.6 Å². The van der Waals surface area contributed by atoms with Crippen LogP contribution in [0.15, 0.2) is 77.9 Å². The third-order valence-electron chi connectivity index (χ3n) is 5.64. The van der Waals surface area contributed by atoms with Crippen molar-refractivity contribution in [1.82, 2.24) is 19.2 Å². The van der Waals surface area contributed by atoms with Crippen LogP contribution in [0.2, 0.25) is 0 Å². The molecule has 0 atom stereocenters. The van der Waals surface area contributed by atoms with Crippen molar-refractivity contribution in [3.63, 3.8) is 0 Å². The molecule has 0 aliphatic rings. The Labute approximate surface area is 179 Å². The largest absolute Gasteiger partial charge is 0.496 e. The highest BCUT2D eigenvalue weighted by Crippen LogP contribution is 2.28. The molecule has 0 unspecified atom stereocenters. The lowest BCUT2D eigenvalue weighted by atomic mass is 10.1. The molecule has 0 fully saturated rings. The van der Waals surface area contributed by atoms with Gasteiger partial charge in [0.05, 0.1) is 23.7 Å². The lowest BCUT2D eigenvalue weighted by Crippen LogP contribution is -2.21. The van der Waals surface area contributed by atoms with E-state index >= 15 is 0 Å². The van der Waals surface area contributed by atoms with Gasteiger partial charge in [0.1, 0.15) is 5.75 Å². The summed E-state index contributed by atoms with van der Waals surface area (Å²) >= 11 is 0. The minimum atomic E-state index is -0.0730. The standard InChI is InChI=1S/C25H22N4O2/c1-17-23(19-9-4-3-5-10-19)24-26-16-20-21(29(24)27-17)13-15-28(25(20)30)14-12-18-8-6-7-11-22(18)31-2/h3-11,13,15-16H,12,14H2,1-2H3. The maximum absolute atomic E-state index is 13.2. The van der Waals surface area contributed by atoms with E-state index in [-0.39, 0.29) is 5.56 Å². The number of aryl methyl sites for hydroxylation is 3. The minimum absolute atomic E-state index is 0.0730. The summed E-state index contributed by atoms with van der Waals surface area (Å²) in [6.45, 7) is 2.53. The average Bonchev–Trinajstić information content (AvgIpc) is 3.15. The Morgan fingerprint density at radius 3 is 2.58 bits per heavy atom. The monoisotopic (exact) mass is 410 g/mol. The fourth-order valence-corrected chi connectivity index (χ4v) is 4.09. The van der Waals surface area contributed by atoms with Gasteiger partial charge in [0.15, 0.2) is 5.65 Å². The first-order chi connectivity index (χ1) is 15.2. The van der Waals surface area contributed by atoms with Gasteiger partial charge in [-0.3, -0.25) is 4.79 Å². The van der Waals surface area contributed by atoms with Crippen molar-refractivity contribution < 1.29 is 4.74 Å². The van der Waals surface area contributed by atoms with Crippen molar-refractivity contribution in [1.29, 1.82) is 0 Å². The van der Waals surface area contributed by atoms with Crippen LogP contribution in [-0.4, -0.2) is 26.3 Å². The fraction of sp³-hybridized carbons (Fsp3) is 0.160. The third-order valence-corrected chi connectivity index (χ3v) is 5.64. The molecule has 0 amide bonds. The molecule has 6 heteroatoms. The zero-order valence-corrected chi connectivity index (χ0v) is 17.4. The first-order valence-corrected chi connectivity index (χ1v) is 10.2. The van der Waals surface area contributed by atoms with Crippen molar-refractivity contribution >= 4 is 16.6 Å². The van der Waals surface area contributed by atoms with Gasteiger partial charge >= 0.3 is 0 Å². The molecule has 0 aliphatic carbocycles. The van der Waals surface area contributed by atoms with E-state index < -0.39 is 0 Å². The van der Waals surface area contributed by atoms with Gasteiger partial charge < -0.3 is 9.30 Å². The van der Waals surface area contributed by atoms with Crippen LogP contribution in [0.25, 0.3) is 27.7 Å². The molecule has 0 bridgehead atoms. The first kappa shape index (κ1) is 19.1. The fourth-order valence-electron chi connectivity index (χ4n) is 4.09. The molecule has 31 heavy (non-hydrogen) atoms. The molecule has 154 valence electrons. The molecule has 2 aromatic carbocycles. The van der Waals surface area contributed by atoms with Crippen LogP contribution in [-0.2, 0) is 13.0 Å². The summed E-state index contributed by atoms with van der Waals surface area (Å²) in [5.74, 6) is 0.833. The van der Waals surface area contributed by atoms with Gasteiger partial charge in [-0.15, -0.1) is 0 Å². The summed E-state index contributed by atoms with van der Waals surface area (Å²) in [5, 5.41) is 5.25. The SMILES string of the molecule is COc1ccccc1CCn1ccc2c(cnc3c(-c4ccccc4)c(C)nn32)c1=O. The Hall–Kier alpha value is -3.93. The maximum atomic E-state index is 13.2. The predicted molar refractivity (Wildman–Crippen MR) is 122 cm³/mol. The summed E-state index contributed by atoms with van der Waals surface area (Å²) in [7, 11) is 1.66. The summed E-state index contributed by atoms with van der Waals surface area (Å²) < 4.78 is 8.92. The van der Waals surface area contributed by atoms with Crippen molar-refractivity contribution in [3.8, 4) is 16.9 Å². The van der Waals surface area contributed by atoms with E-state index in [9.17, 15) is 4.79 Å². The summed E-state index contributed by atoms with van der Waals surface area (Å²) in [6, 6.07) is 19.9. The number of para-hydroxylation sites is 1. The molecule has 0 N–H and O–H groups in total. The predicted octanol–water partition coefficient (Wildman–Crippen LogP) is 4.27. The number of benzene rings is 2. The Kier molecular flexibility index (Phi) is 4.75. The number of pyridine rings is 1. The molecular formula is C25H22N4O2. The molecule has 5 aromatic rings. The summed E-state index contributed by atoms with van der Waals surface area (Å²) in [4.78, 5) is 17.8. The molecule has 0 radical (unpaired) electrons. The number of hydrogen-bond acceptors (Lipinski definition) is 4. The lowest BCUT2D eigenvalue weighted by molar-refractivity contribution is 0.408. The quantitative estimate of drug-likeness (QED) is 0.434. The van der Waals surface area contributed by atoms with Gasteiger partial charge in [-0.1, -0.05) is 48.5 Å². The van der Waals surface area contributed by atoms with Gasteiger partial charge in [0.25, 0.3) is 5.56 Å². The van der Waals surface area contributed by atoms with Crippen molar-refractivity contribution in [2.24, 2.45) is 0 Å². The zero-order chi connectivity index (χ0) is 21.4. The molecule has 0 saturated carbocycles. The number of aromatic nitrogens is 4. The molecule has 0 spiro atoms. The van der Waals surface area contributed by atoms with Crippen LogP contribution in [0.5, 0.6) is 5.75 Å². The highest BCUT2D eigenvalue weighted by atomic mass is 16.5. The molecule has 0 aliphatic heterocycles. The Morgan fingerprint density at radius 1 is 1.00 bits per heavy atom. The average molecular weight is 410 g/mol. The zero-order valence-electron chi connectivity index (χ0n) is 17.4. The Morgan fingerprint density at radius 2 is 1.77 bits per heavy atom. The Balaban J connectivity index is 1.57. The van der Waals surface area contributed by atoms with Crippen molar-refractivity contribution in [3.05, 3.63) is 94.7 Å². The lowest BCUT2D eigenvalue weighted by Gasteiger charge is -2.10. The van der Waals surface area contributed by atoms with Gasteiger partial charge in [-0.25, -0.2) is 9.50 Å². The molecular weight excluding hydrogens is 388 g/mol. The molecule has 0 saturated heterocycles. The molecule has 6 nitrogen and oxygen atoms in total. The highest BCUT2D eigenvalue weighted by molar-refractivity contribution is 5.86. The van der Waals surface area contributed by atoms with Crippen molar-refractivity contribution in [2.75, 3.05) is 7.11 Å². The number of nitrogens with zero attached hydrogens (tertiary/aromatic N) is 4. The number of hydrogen-bond donors (Lipinski definition) is 0. The van der Waals surface area contributed by atoms with Crippen LogP contribution in [0, 0.1) is 6.92 Å². The minimum Gasteiger partial charge on any atom is -0.496 e.